The van der Waals surface area contributed by atoms with Crippen LogP contribution >= 0.6 is 0 Å². The van der Waals surface area contributed by atoms with Gasteiger partial charge in [0.15, 0.2) is 15.5 Å². The Bertz CT molecular complexity index is 1440. The largest absolute Gasteiger partial charge is 0.364 e. The summed E-state index contributed by atoms with van der Waals surface area (Å²) in [6, 6.07) is 16.5. The van der Waals surface area contributed by atoms with Crippen molar-refractivity contribution in [1.82, 2.24) is 19.9 Å². The van der Waals surface area contributed by atoms with Gasteiger partial charge in [-0.2, -0.15) is 5.10 Å². The van der Waals surface area contributed by atoms with E-state index in [1.807, 2.05) is 25.4 Å². The average Bonchev–Trinajstić information content (AvgIpc) is 3.28. The van der Waals surface area contributed by atoms with Crippen molar-refractivity contribution in [1.29, 1.82) is 0 Å². The predicted octanol–water partition coefficient (Wildman–Crippen LogP) is 4.43. The van der Waals surface area contributed by atoms with Gasteiger partial charge in [0, 0.05) is 54.4 Å². The summed E-state index contributed by atoms with van der Waals surface area (Å²) >= 11 is 0. The molecule has 0 aliphatic carbocycles. The topological polar surface area (TPSA) is 79.6 Å². The highest BCUT2D eigenvalue weighted by Crippen LogP contribution is 2.29. The zero-order valence-corrected chi connectivity index (χ0v) is 21.2. The molecule has 0 spiro atoms. The number of anilines is 1. The van der Waals surface area contributed by atoms with E-state index >= 15 is 0 Å². The summed E-state index contributed by atoms with van der Waals surface area (Å²) in [5.41, 5.74) is 5.56. The standard InChI is InChI=1S/C27H31N5O2S/c1-4-12-35(33,34)25-7-5-6-22(13-25)26-17-30-31-18-23(16-29-27(26)31)21-8-10-24(11-9-21)32-19(2)14-28-15-20(32)3/h5-11,13,16-20,28H,4,12,14-15H2,1-3H3/t19-,20+. The summed E-state index contributed by atoms with van der Waals surface area (Å²) < 4.78 is 26.8. The average molecular weight is 490 g/mol. The van der Waals surface area contributed by atoms with Crippen molar-refractivity contribution >= 4 is 21.2 Å². The second-order valence-electron chi connectivity index (χ2n) is 9.33. The minimum atomic E-state index is -3.29. The minimum Gasteiger partial charge on any atom is -0.364 e. The lowest BCUT2D eigenvalue weighted by atomic mass is 10.0. The van der Waals surface area contributed by atoms with Crippen LogP contribution in [0.15, 0.2) is 72.0 Å². The molecule has 5 rings (SSSR count). The Hall–Kier alpha value is -3.23. The second kappa shape index (κ2) is 9.43. The first-order valence-corrected chi connectivity index (χ1v) is 13.8. The summed E-state index contributed by atoms with van der Waals surface area (Å²) in [5, 5.41) is 7.99. The molecule has 1 aliphatic heterocycles. The van der Waals surface area contributed by atoms with Crippen molar-refractivity contribution in [2.45, 2.75) is 44.2 Å². The van der Waals surface area contributed by atoms with Gasteiger partial charge in [0.1, 0.15) is 0 Å². The highest BCUT2D eigenvalue weighted by atomic mass is 32.2. The van der Waals surface area contributed by atoms with E-state index in [1.54, 1.807) is 28.9 Å². The summed E-state index contributed by atoms with van der Waals surface area (Å²) in [6.45, 7) is 8.34. The minimum absolute atomic E-state index is 0.137. The van der Waals surface area contributed by atoms with Crippen LogP contribution in [0.2, 0.25) is 0 Å². The number of aromatic nitrogens is 3. The van der Waals surface area contributed by atoms with Crippen LogP contribution < -0.4 is 10.2 Å². The highest BCUT2D eigenvalue weighted by molar-refractivity contribution is 7.91. The van der Waals surface area contributed by atoms with E-state index in [2.05, 4.69) is 53.4 Å². The fourth-order valence-corrected chi connectivity index (χ4v) is 6.30. The molecule has 1 fully saturated rings. The molecule has 1 saturated heterocycles. The smallest absolute Gasteiger partial charge is 0.178 e. The first-order chi connectivity index (χ1) is 16.9. The van der Waals surface area contributed by atoms with Crippen molar-refractivity contribution in [2.24, 2.45) is 0 Å². The molecule has 0 saturated carbocycles. The third-order valence-electron chi connectivity index (χ3n) is 6.66. The first kappa shape index (κ1) is 23.5. The Morgan fingerprint density at radius 3 is 2.43 bits per heavy atom. The molecule has 0 radical (unpaired) electrons. The molecule has 0 unspecified atom stereocenters. The van der Waals surface area contributed by atoms with E-state index in [4.69, 9.17) is 4.98 Å². The quantitative estimate of drug-likeness (QED) is 0.432. The van der Waals surface area contributed by atoms with E-state index in [0.29, 0.717) is 29.0 Å². The van der Waals surface area contributed by atoms with E-state index in [0.717, 1.165) is 35.3 Å². The maximum Gasteiger partial charge on any atom is 0.178 e. The Balaban J connectivity index is 1.44. The number of sulfone groups is 1. The molecule has 2 aromatic heterocycles. The fourth-order valence-electron chi connectivity index (χ4n) is 4.94. The Morgan fingerprint density at radius 2 is 1.71 bits per heavy atom. The van der Waals surface area contributed by atoms with Gasteiger partial charge in [-0.25, -0.2) is 17.9 Å². The molecular weight excluding hydrogens is 458 g/mol. The van der Waals surface area contributed by atoms with Crippen LogP contribution in [0.1, 0.15) is 27.2 Å². The molecule has 35 heavy (non-hydrogen) atoms. The zero-order chi connectivity index (χ0) is 24.6. The number of benzene rings is 2. The molecule has 182 valence electrons. The van der Waals surface area contributed by atoms with Gasteiger partial charge in [-0.1, -0.05) is 31.2 Å². The Morgan fingerprint density at radius 1 is 0.971 bits per heavy atom. The van der Waals surface area contributed by atoms with Crippen LogP contribution in [0.25, 0.3) is 27.9 Å². The lowest BCUT2D eigenvalue weighted by Crippen LogP contribution is -2.55. The van der Waals surface area contributed by atoms with E-state index < -0.39 is 9.84 Å². The molecule has 1 N–H and O–H groups in total. The molecule has 1 aliphatic rings. The van der Waals surface area contributed by atoms with Crippen LogP contribution in [0.3, 0.4) is 0 Å². The van der Waals surface area contributed by atoms with Gasteiger partial charge in [0.2, 0.25) is 0 Å². The van der Waals surface area contributed by atoms with Crippen molar-refractivity contribution < 1.29 is 8.42 Å². The highest BCUT2D eigenvalue weighted by Gasteiger charge is 2.24. The molecule has 7 nitrogen and oxygen atoms in total. The van der Waals surface area contributed by atoms with Gasteiger partial charge in [-0.3, -0.25) is 0 Å². The third-order valence-corrected chi connectivity index (χ3v) is 8.58. The molecule has 4 aromatic rings. The molecule has 2 aromatic carbocycles. The molecule has 8 heteroatoms. The van der Waals surface area contributed by atoms with E-state index in [9.17, 15) is 8.42 Å². The van der Waals surface area contributed by atoms with E-state index in [1.165, 1.54) is 5.69 Å². The lowest BCUT2D eigenvalue weighted by Gasteiger charge is -2.41. The van der Waals surface area contributed by atoms with Crippen molar-refractivity contribution in [3.63, 3.8) is 0 Å². The number of rotatable bonds is 6. The van der Waals surface area contributed by atoms with E-state index in [-0.39, 0.29) is 5.75 Å². The Labute approximate surface area is 206 Å². The normalized spacial score (nSPS) is 18.8. The maximum atomic E-state index is 12.5. The SMILES string of the molecule is CCCS(=O)(=O)c1cccc(-c2cnn3cc(-c4ccc(N5[C@H](C)CNC[C@@H]5C)cc4)cnc23)c1. The molecule has 2 atom stereocenters. The maximum absolute atomic E-state index is 12.5. The summed E-state index contributed by atoms with van der Waals surface area (Å²) in [5.74, 6) is 0.137. The zero-order valence-electron chi connectivity index (χ0n) is 20.3. The second-order valence-corrected chi connectivity index (χ2v) is 11.4. The van der Waals surface area contributed by atoms with Gasteiger partial charge in [0.05, 0.1) is 16.8 Å². The number of nitrogens with one attached hydrogen (secondary N) is 1. The van der Waals surface area contributed by atoms with Gasteiger partial charge < -0.3 is 10.2 Å². The summed E-state index contributed by atoms with van der Waals surface area (Å²) in [6.07, 6.45) is 6.15. The van der Waals surface area contributed by atoms with Crippen LogP contribution in [0.5, 0.6) is 0 Å². The van der Waals surface area contributed by atoms with Crippen molar-refractivity contribution in [3.05, 3.63) is 67.1 Å². The van der Waals surface area contributed by atoms with Crippen LogP contribution in [-0.2, 0) is 9.84 Å². The molecule has 3 heterocycles. The number of hydrogen-bond acceptors (Lipinski definition) is 6. The number of nitrogens with zero attached hydrogens (tertiary/aromatic N) is 4. The number of hydrogen-bond donors (Lipinski definition) is 1. The summed E-state index contributed by atoms with van der Waals surface area (Å²) in [4.78, 5) is 7.49. The van der Waals surface area contributed by atoms with Gasteiger partial charge in [-0.15, -0.1) is 0 Å². The molecular formula is C27H31N5O2S. The monoisotopic (exact) mass is 489 g/mol. The first-order valence-electron chi connectivity index (χ1n) is 12.1. The van der Waals surface area contributed by atoms with Crippen molar-refractivity contribution in [3.8, 4) is 22.3 Å². The van der Waals surface area contributed by atoms with Crippen LogP contribution in [0, 0.1) is 0 Å². The summed E-state index contributed by atoms with van der Waals surface area (Å²) in [7, 11) is -3.29. The lowest BCUT2D eigenvalue weighted by molar-refractivity contribution is 0.432. The number of piperazine rings is 1. The van der Waals surface area contributed by atoms with Gasteiger partial charge in [-0.05, 0) is 55.7 Å². The van der Waals surface area contributed by atoms with Gasteiger partial charge >= 0.3 is 0 Å². The fraction of sp³-hybridized carbons (Fsp3) is 0.333. The molecule has 0 bridgehead atoms. The number of fused-ring (bicyclic) bond motifs is 1. The van der Waals surface area contributed by atoms with Gasteiger partial charge in [0.25, 0.3) is 0 Å². The van der Waals surface area contributed by atoms with Crippen molar-refractivity contribution in [2.75, 3.05) is 23.7 Å². The predicted molar refractivity (Wildman–Crippen MR) is 140 cm³/mol. The third kappa shape index (κ3) is 4.56. The van der Waals surface area contributed by atoms with Crippen LogP contribution in [-0.4, -0.2) is 53.9 Å². The van der Waals surface area contributed by atoms with Crippen LogP contribution in [0.4, 0.5) is 5.69 Å². The Kier molecular flexibility index (Phi) is 6.34. The molecule has 0 amide bonds.